The maximum atomic E-state index is 13.1. The molecule has 1 heterocycles. The van der Waals surface area contributed by atoms with Gasteiger partial charge in [0.25, 0.3) is 5.91 Å². The molecule has 1 amide bonds. The highest BCUT2D eigenvalue weighted by Crippen LogP contribution is 2.60. The lowest BCUT2D eigenvalue weighted by molar-refractivity contribution is -0.0391. The van der Waals surface area contributed by atoms with Crippen LogP contribution < -0.4 is 9.62 Å². The summed E-state index contributed by atoms with van der Waals surface area (Å²) in [6.07, 6.45) is 6.80. The molecule has 0 spiro atoms. The second-order valence-electron chi connectivity index (χ2n) is 14.0. The Kier molecular flexibility index (Phi) is 7.69. The molecular weight excluding hydrogens is 570 g/mol. The molecule has 1 saturated heterocycles. The van der Waals surface area contributed by atoms with Gasteiger partial charge in [0.2, 0.25) is 10.0 Å². The number of carbonyl (C=O) groups excluding carboxylic acids is 1. The summed E-state index contributed by atoms with van der Waals surface area (Å²) in [6.45, 7) is 5.82. The van der Waals surface area contributed by atoms with E-state index in [2.05, 4.69) is 45.7 Å². The quantitative estimate of drug-likeness (QED) is 0.314. The van der Waals surface area contributed by atoms with Crippen molar-refractivity contribution in [1.82, 2.24) is 9.62 Å². The zero-order chi connectivity index (χ0) is 30.5. The molecule has 4 saturated carbocycles. The number of phenolic OH excluding ortho intramolecular Hbond substituents is 1. The van der Waals surface area contributed by atoms with Gasteiger partial charge in [-0.15, -0.1) is 0 Å². The topological polar surface area (TPSA) is 89.9 Å². The van der Waals surface area contributed by atoms with Crippen LogP contribution in [-0.4, -0.2) is 56.3 Å². The first-order valence-corrected chi connectivity index (χ1v) is 17.8. The van der Waals surface area contributed by atoms with E-state index in [9.17, 15) is 18.3 Å². The van der Waals surface area contributed by atoms with E-state index >= 15 is 0 Å². The number of benzene rings is 3. The summed E-state index contributed by atoms with van der Waals surface area (Å²) >= 11 is 0. The van der Waals surface area contributed by atoms with Crippen LogP contribution in [0.15, 0.2) is 72.8 Å². The molecule has 7 nitrogen and oxygen atoms in total. The zero-order valence-electron chi connectivity index (χ0n) is 25.5. The normalized spacial score (nSPS) is 27.3. The Morgan fingerprint density at radius 2 is 1.48 bits per heavy atom. The zero-order valence-corrected chi connectivity index (χ0v) is 26.3. The second-order valence-corrected chi connectivity index (χ2v) is 15.7. The lowest BCUT2D eigenvalue weighted by Crippen LogP contribution is -2.51. The number of aromatic hydroxyl groups is 1. The number of piperazine rings is 1. The van der Waals surface area contributed by atoms with Crippen molar-refractivity contribution in [2.75, 3.05) is 36.8 Å². The molecule has 0 radical (unpaired) electrons. The minimum absolute atomic E-state index is 0.0811. The van der Waals surface area contributed by atoms with Crippen molar-refractivity contribution in [2.24, 2.45) is 23.2 Å². The van der Waals surface area contributed by atoms with Crippen molar-refractivity contribution in [2.45, 2.75) is 51.5 Å². The lowest BCUT2D eigenvalue weighted by Gasteiger charge is -2.56. The Morgan fingerprint density at radius 3 is 2.07 bits per heavy atom. The first-order chi connectivity index (χ1) is 21.1. The van der Waals surface area contributed by atoms with Crippen molar-refractivity contribution in [1.29, 1.82) is 0 Å². The third-order valence-electron chi connectivity index (χ3n) is 10.8. The molecule has 4 aliphatic carbocycles. The van der Waals surface area contributed by atoms with Gasteiger partial charge in [-0.25, -0.2) is 13.1 Å². The number of carbonyl (C=O) groups is 1. The summed E-state index contributed by atoms with van der Waals surface area (Å²) < 4.78 is 28.7. The maximum absolute atomic E-state index is 13.1. The molecule has 232 valence electrons. The SMILES string of the molecule is CC(c1ccc(-c2cccc(O)c2)cc1)N1CCN(c2ccc(C(=O)NS(=O)(=O)CC34CC5CC(CC(C5)C3)C4)cc2)CC1. The fraction of sp³-hybridized carbons (Fsp3) is 0.472. The molecule has 8 heteroatoms. The van der Waals surface area contributed by atoms with E-state index in [0.29, 0.717) is 23.3 Å². The van der Waals surface area contributed by atoms with Gasteiger partial charge in [-0.1, -0.05) is 36.4 Å². The molecule has 3 aromatic rings. The van der Waals surface area contributed by atoms with Crippen LogP contribution >= 0.6 is 0 Å². The van der Waals surface area contributed by atoms with Crippen molar-refractivity contribution in [3.8, 4) is 16.9 Å². The molecule has 44 heavy (non-hydrogen) atoms. The minimum atomic E-state index is -3.70. The number of nitrogens with one attached hydrogen (secondary N) is 1. The Bertz CT molecular complexity index is 1580. The summed E-state index contributed by atoms with van der Waals surface area (Å²) in [7, 11) is -3.70. The number of hydrogen-bond donors (Lipinski definition) is 2. The van der Waals surface area contributed by atoms with Gasteiger partial charge in [0.1, 0.15) is 5.75 Å². The minimum Gasteiger partial charge on any atom is -0.508 e. The van der Waals surface area contributed by atoms with E-state index in [1.165, 1.54) is 24.8 Å². The number of phenols is 1. The maximum Gasteiger partial charge on any atom is 0.264 e. The molecule has 1 unspecified atom stereocenters. The van der Waals surface area contributed by atoms with Crippen molar-refractivity contribution in [3.05, 3.63) is 83.9 Å². The largest absolute Gasteiger partial charge is 0.508 e. The van der Waals surface area contributed by atoms with Gasteiger partial charge in [-0.2, -0.15) is 0 Å². The number of hydrogen-bond acceptors (Lipinski definition) is 6. The monoisotopic (exact) mass is 613 g/mol. The second kappa shape index (κ2) is 11.5. The number of rotatable bonds is 8. The van der Waals surface area contributed by atoms with Gasteiger partial charge < -0.3 is 10.0 Å². The molecule has 4 bridgehead atoms. The molecule has 5 fully saturated rings. The van der Waals surface area contributed by atoms with Crippen LogP contribution in [0, 0.1) is 23.2 Å². The summed E-state index contributed by atoms with van der Waals surface area (Å²) in [5.41, 5.74) is 4.63. The summed E-state index contributed by atoms with van der Waals surface area (Å²) in [4.78, 5) is 17.8. The van der Waals surface area contributed by atoms with Gasteiger partial charge in [0.05, 0.1) is 5.75 Å². The molecule has 1 atom stereocenters. The fourth-order valence-corrected chi connectivity index (χ4v) is 10.8. The Hall–Kier alpha value is -3.36. The third kappa shape index (κ3) is 6.11. The van der Waals surface area contributed by atoms with Crippen molar-refractivity contribution in [3.63, 3.8) is 0 Å². The Morgan fingerprint density at radius 1 is 0.864 bits per heavy atom. The molecule has 2 N–H and O–H groups in total. The molecule has 1 aliphatic heterocycles. The van der Waals surface area contributed by atoms with Crippen LogP contribution in [0.4, 0.5) is 5.69 Å². The predicted octanol–water partition coefficient (Wildman–Crippen LogP) is 6.22. The third-order valence-corrected chi connectivity index (χ3v) is 12.3. The number of anilines is 1. The van der Waals surface area contributed by atoms with E-state index in [0.717, 1.165) is 62.3 Å². The lowest BCUT2D eigenvalue weighted by atomic mass is 9.50. The van der Waals surface area contributed by atoms with Gasteiger partial charge in [0, 0.05) is 43.5 Å². The summed E-state index contributed by atoms with van der Waals surface area (Å²) in [5.74, 6) is 1.84. The van der Waals surface area contributed by atoms with Crippen LogP contribution in [0.25, 0.3) is 11.1 Å². The highest BCUT2D eigenvalue weighted by atomic mass is 32.2. The molecule has 3 aromatic carbocycles. The van der Waals surface area contributed by atoms with E-state index < -0.39 is 15.9 Å². The van der Waals surface area contributed by atoms with Crippen LogP contribution in [-0.2, 0) is 10.0 Å². The standard InChI is InChI=1S/C36H43N3O4S/c1-25(29-5-7-30(8-6-29)32-3-2-4-34(40)20-32)38-13-15-39(16-14-38)33-11-9-31(10-12-33)35(41)37-44(42,43)24-36-21-26-17-27(22-36)19-28(18-26)23-36/h2-12,20,25-28,40H,13-19,21-24H2,1H3,(H,37,41). The van der Waals surface area contributed by atoms with Crippen LogP contribution in [0.2, 0.25) is 0 Å². The van der Waals surface area contributed by atoms with Gasteiger partial charge in [-0.3, -0.25) is 9.69 Å². The Labute approximate surface area is 261 Å². The number of nitrogens with zero attached hydrogens (tertiary/aromatic N) is 2. The highest BCUT2D eigenvalue weighted by molar-refractivity contribution is 7.90. The van der Waals surface area contributed by atoms with E-state index in [1.807, 2.05) is 24.3 Å². The van der Waals surface area contributed by atoms with Crippen LogP contribution in [0.1, 0.15) is 67.4 Å². The summed E-state index contributed by atoms with van der Waals surface area (Å²) in [6, 6.07) is 23.5. The van der Waals surface area contributed by atoms with Gasteiger partial charge >= 0.3 is 0 Å². The number of amides is 1. The van der Waals surface area contributed by atoms with Crippen LogP contribution in [0.5, 0.6) is 5.75 Å². The molecule has 5 aliphatic rings. The summed E-state index contributed by atoms with van der Waals surface area (Å²) in [5, 5.41) is 9.80. The first kappa shape index (κ1) is 29.4. The van der Waals surface area contributed by atoms with Crippen LogP contribution in [0.3, 0.4) is 0 Å². The van der Waals surface area contributed by atoms with E-state index in [1.54, 1.807) is 24.3 Å². The van der Waals surface area contributed by atoms with Gasteiger partial charge in [0.15, 0.2) is 0 Å². The van der Waals surface area contributed by atoms with Crippen molar-refractivity contribution >= 4 is 21.6 Å². The molecular formula is C36H43N3O4S. The van der Waals surface area contributed by atoms with Gasteiger partial charge in [-0.05, 0) is 122 Å². The van der Waals surface area contributed by atoms with E-state index in [4.69, 9.17) is 0 Å². The predicted molar refractivity (Wildman–Crippen MR) is 174 cm³/mol. The fourth-order valence-electron chi connectivity index (χ4n) is 9.15. The van der Waals surface area contributed by atoms with E-state index in [-0.39, 0.29) is 23.0 Å². The first-order valence-electron chi connectivity index (χ1n) is 16.2. The smallest absolute Gasteiger partial charge is 0.264 e. The highest BCUT2D eigenvalue weighted by Gasteiger charge is 2.52. The molecule has 8 rings (SSSR count). The molecule has 0 aromatic heterocycles. The average molecular weight is 614 g/mol. The van der Waals surface area contributed by atoms with Crippen molar-refractivity contribution < 1.29 is 18.3 Å². The average Bonchev–Trinajstić information content (AvgIpc) is 2.99. The Balaban J connectivity index is 0.920. The number of sulfonamides is 1.